The van der Waals surface area contributed by atoms with Crippen molar-refractivity contribution in [2.75, 3.05) is 11.4 Å². The zero-order valence-corrected chi connectivity index (χ0v) is 10.1. The maximum Gasteiger partial charge on any atom is 0.356 e. The summed E-state index contributed by atoms with van der Waals surface area (Å²) in [6.45, 7) is 1.58. The number of halogens is 1. The Labute approximate surface area is 108 Å². The summed E-state index contributed by atoms with van der Waals surface area (Å²) in [5.41, 5.74) is 1.15. The molecule has 0 saturated heterocycles. The fourth-order valence-corrected chi connectivity index (χ4v) is 2.35. The molecule has 0 aliphatic carbocycles. The number of fused-ring (bicyclic) bond motifs is 1. The van der Waals surface area contributed by atoms with Gasteiger partial charge in [-0.15, -0.1) is 0 Å². The number of benzene rings is 1. The van der Waals surface area contributed by atoms with Crippen molar-refractivity contribution in [2.45, 2.75) is 13.1 Å². The van der Waals surface area contributed by atoms with Gasteiger partial charge in [0.25, 0.3) is 0 Å². The van der Waals surface area contributed by atoms with Crippen LogP contribution in [0.3, 0.4) is 0 Å². The average Bonchev–Trinajstić information content (AvgIpc) is 2.82. The van der Waals surface area contributed by atoms with Crippen LogP contribution in [0.15, 0.2) is 30.6 Å². The molecule has 3 rings (SSSR count). The minimum absolute atomic E-state index is 0.0426. The van der Waals surface area contributed by atoms with Gasteiger partial charge in [0.2, 0.25) is 0 Å². The summed E-state index contributed by atoms with van der Waals surface area (Å²) in [6.07, 6.45) is 1.53. The van der Waals surface area contributed by atoms with Crippen LogP contribution in [0.2, 0.25) is 0 Å². The number of carboxylic acids is 1. The van der Waals surface area contributed by atoms with E-state index in [1.165, 1.54) is 12.4 Å². The predicted molar refractivity (Wildman–Crippen MR) is 66.6 cm³/mol. The van der Waals surface area contributed by atoms with Gasteiger partial charge in [-0.05, 0) is 12.1 Å². The first-order valence-electron chi connectivity index (χ1n) is 5.93. The summed E-state index contributed by atoms with van der Waals surface area (Å²) in [5.74, 6) is -1.35. The van der Waals surface area contributed by atoms with Crippen LogP contribution in [-0.2, 0) is 13.1 Å². The first-order valence-corrected chi connectivity index (χ1v) is 5.93. The normalized spacial score (nSPS) is 14.3. The molecule has 1 aliphatic heterocycles. The molecule has 0 radical (unpaired) electrons. The molecule has 6 heteroatoms. The lowest BCUT2D eigenvalue weighted by Gasteiger charge is -2.30. The Kier molecular flexibility index (Phi) is 2.70. The number of aromatic carboxylic acids is 1. The van der Waals surface area contributed by atoms with Crippen molar-refractivity contribution in [2.24, 2.45) is 0 Å². The van der Waals surface area contributed by atoms with Crippen LogP contribution in [0.5, 0.6) is 0 Å². The van der Waals surface area contributed by atoms with Gasteiger partial charge in [-0.2, -0.15) is 0 Å². The molecule has 0 amide bonds. The van der Waals surface area contributed by atoms with Crippen LogP contribution >= 0.6 is 0 Å². The molecule has 1 aliphatic rings. The lowest BCUT2D eigenvalue weighted by Crippen LogP contribution is -2.34. The molecule has 1 N–H and O–H groups in total. The second-order valence-electron chi connectivity index (χ2n) is 4.41. The lowest BCUT2D eigenvalue weighted by molar-refractivity contribution is 0.0689. The number of rotatable bonds is 2. The molecule has 98 valence electrons. The number of carboxylic acid groups (broad SMARTS) is 1. The van der Waals surface area contributed by atoms with Gasteiger partial charge in [0.15, 0.2) is 5.69 Å². The fourth-order valence-electron chi connectivity index (χ4n) is 2.35. The van der Waals surface area contributed by atoms with Gasteiger partial charge in [-0.1, -0.05) is 12.1 Å². The van der Waals surface area contributed by atoms with Crippen LogP contribution in [0.25, 0.3) is 0 Å². The van der Waals surface area contributed by atoms with Gasteiger partial charge in [0, 0.05) is 13.1 Å². The van der Waals surface area contributed by atoms with E-state index in [4.69, 9.17) is 5.11 Å². The maximum absolute atomic E-state index is 13.8. The van der Waals surface area contributed by atoms with Crippen LogP contribution in [-0.4, -0.2) is 27.2 Å². The topological polar surface area (TPSA) is 58.4 Å². The molecule has 2 heterocycles. The second-order valence-corrected chi connectivity index (χ2v) is 4.41. The number of aromatic nitrogens is 2. The predicted octanol–water partition coefficient (Wildman–Crippen LogP) is 1.74. The van der Waals surface area contributed by atoms with E-state index in [0.29, 0.717) is 31.0 Å². The van der Waals surface area contributed by atoms with E-state index in [1.54, 1.807) is 22.8 Å². The molecule has 0 spiro atoms. The highest BCUT2D eigenvalue weighted by Gasteiger charge is 2.24. The second kappa shape index (κ2) is 4.38. The molecule has 5 nitrogen and oxygen atoms in total. The molecule has 0 unspecified atom stereocenters. The number of hydrogen-bond donors (Lipinski definition) is 1. The molecule has 0 fully saturated rings. The average molecular weight is 261 g/mol. The van der Waals surface area contributed by atoms with E-state index < -0.39 is 5.97 Å². The highest BCUT2D eigenvalue weighted by molar-refractivity contribution is 5.86. The van der Waals surface area contributed by atoms with Gasteiger partial charge in [-0.3, -0.25) is 0 Å². The highest BCUT2D eigenvalue weighted by atomic mass is 19.1. The van der Waals surface area contributed by atoms with Crippen molar-refractivity contribution in [1.29, 1.82) is 0 Å². The molecular weight excluding hydrogens is 249 g/mol. The third-order valence-corrected chi connectivity index (χ3v) is 3.29. The first-order chi connectivity index (χ1) is 9.16. The molecule has 0 atom stereocenters. The standard InChI is InChI=1S/C13H12FN3O2/c14-9-3-1-2-4-10(9)16-5-6-17-8-15-12(13(18)19)11(17)7-16/h1-4,8H,5-7H2,(H,18,19). The van der Waals surface area contributed by atoms with Gasteiger partial charge in [0.05, 0.1) is 24.3 Å². The van der Waals surface area contributed by atoms with Crippen LogP contribution in [0.1, 0.15) is 16.2 Å². The summed E-state index contributed by atoms with van der Waals surface area (Å²) in [7, 11) is 0. The minimum atomic E-state index is -1.05. The molecule has 0 saturated carbocycles. The van der Waals surface area contributed by atoms with Crippen LogP contribution in [0.4, 0.5) is 10.1 Å². The number of anilines is 1. The van der Waals surface area contributed by atoms with Crippen molar-refractivity contribution in [3.8, 4) is 0 Å². The summed E-state index contributed by atoms with van der Waals surface area (Å²) < 4.78 is 15.6. The van der Waals surface area contributed by atoms with E-state index in [0.717, 1.165) is 0 Å². The Morgan fingerprint density at radius 1 is 1.32 bits per heavy atom. The number of carbonyl (C=O) groups is 1. The fraction of sp³-hybridized carbons (Fsp3) is 0.231. The summed E-state index contributed by atoms with van der Waals surface area (Å²) in [5, 5.41) is 9.07. The Morgan fingerprint density at radius 3 is 2.84 bits per heavy atom. The number of hydrogen-bond acceptors (Lipinski definition) is 3. The zero-order chi connectivity index (χ0) is 13.4. The molecule has 19 heavy (non-hydrogen) atoms. The largest absolute Gasteiger partial charge is 0.476 e. The number of imidazole rings is 1. The Balaban J connectivity index is 1.96. The third kappa shape index (κ3) is 1.95. The van der Waals surface area contributed by atoms with Gasteiger partial charge >= 0.3 is 5.97 Å². The molecule has 0 bridgehead atoms. The van der Waals surface area contributed by atoms with Crippen molar-refractivity contribution < 1.29 is 14.3 Å². The molecule has 1 aromatic carbocycles. The number of nitrogens with zero attached hydrogens (tertiary/aromatic N) is 3. The Hall–Kier alpha value is -2.37. The minimum Gasteiger partial charge on any atom is -0.476 e. The highest BCUT2D eigenvalue weighted by Crippen LogP contribution is 2.24. The van der Waals surface area contributed by atoms with E-state index in [9.17, 15) is 9.18 Å². The molecular formula is C13H12FN3O2. The Morgan fingerprint density at radius 2 is 2.11 bits per heavy atom. The van der Waals surface area contributed by atoms with E-state index >= 15 is 0 Å². The Bertz CT molecular complexity index is 639. The van der Waals surface area contributed by atoms with Crippen molar-refractivity contribution in [3.05, 3.63) is 47.8 Å². The van der Waals surface area contributed by atoms with E-state index in [2.05, 4.69) is 4.98 Å². The third-order valence-electron chi connectivity index (χ3n) is 3.29. The van der Waals surface area contributed by atoms with Crippen molar-refractivity contribution in [3.63, 3.8) is 0 Å². The SMILES string of the molecule is O=C(O)c1ncn2c1CN(c1ccccc1F)CC2. The van der Waals surface area contributed by atoms with Crippen LogP contribution in [0, 0.1) is 5.82 Å². The summed E-state index contributed by atoms with van der Waals surface area (Å²) in [6, 6.07) is 6.50. The van der Waals surface area contributed by atoms with Gasteiger partial charge in [-0.25, -0.2) is 14.2 Å². The van der Waals surface area contributed by atoms with Crippen molar-refractivity contribution in [1.82, 2.24) is 9.55 Å². The van der Waals surface area contributed by atoms with E-state index in [1.807, 2.05) is 4.90 Å². The smallest absolute Gasteiger partial charge is 0.356 e. The number of para-hydroxylation sites is 1. The van der Waals surface area contributed by atoms with Crippen molar-refractivity contribution >= 4 is 11.7 Å². The quantitative estimate of drug-likeness (QED) is 0.894. The summed E-state index contributed by atoms with van der Waals surface area (Å²) in [4.78, 5) is 16.8. The first kappa shape index (κ1) is 11.7. The van der Waals surface area contributed by atoms with Gasteiger partial charge < -0.3 is 14.6 Å². The van der Waals surface area contributed by atoms with E-state index in [-0.39, 0.29) is 11.5 Å². The summed E-state index contributed by atoms with van der Waals surface area (Å²) >= 11 is 0. The zero-order valence-electron chi connectivity index (χ0n) is 10.1. The monoisotopic (exact) mass is 261 g/mol. The lowest BCUT2D eigenvalue weighted by atomic mass is 10.2. The van der Waals surface area contributed by atoms with Crippen LogP contribution < -0.4 is 4.90 Å². The van der Waals surface area contributed by atoms with Gasteiger partial charge in [0.1, 0.15) is 5.82 Å². The molecule has 1 aromatic heterocycles. The maximum atomic E-state index is 13.8. The molecule has 2 aromatic rings.